The van der Waals surface area contributed by atoms with Crippen LogP contribution >= 0.6 is 0 Å². The molecule has 1 heterocycles. The van der Waals surface area contributed by atoms with Crippen molar-refractivity contribution in [3.05, 3.63) is 23.8 Å². The maximum atomic E-state index is 12.2. The number of fused-ring (bicyclic) bond motifs is 1. The summed E-state index contributed by atoms with van der Waals surface area (Å²) in [5.41, 5.74) is 0.249. The second-order valence-electron chi connectivity index (χ2n) is 5.61. The summed E-state index contributed by atoms with van der Waals surface area (Å²) >= 11 is 0. The fourth-order valence-electron chi connectivity index (χ4n) is 2.13. The topological polar surface area (TPSA) is 55.8 Å². The van der Waals surface area contributed by atoms with Crippen LogP contribution < -0.4 is 4.74 Å². The van der Waals surface area contributed by atoms with Gasteiger partial charge in [0.2, 0.25) is 0 Å². The van der Waals surface area contributed by atoms with Gasteiger partial charge in [-0.05, 0) is 37.6 Å². The van der Waals surface area contributed by atoms with Crippen LogP contribution in [0.1, 0.15) is 19.4 Å². The number of hydrogen-bond acceptors (Lipinski definition) is 4. The zero-order valence-electron chi connectivity index (χ0n) is 12.3. The van der Waals surface area contributed by atoms with Crippen LogP contribution in [0.25, 0.3) is 0 Å². The second kappa shape index (κ2) is 5.39. The molecule has 1 aromatic rings. The van der Waals surface area contributed by atoms with E-state index < -0.39 is 28.4 Å². The monoisotopic (exact) mass is 339 g/mol. The van der Waals surface area contributed by atoms with Gasteiger partial charge in [-0.1, -0.05) is 4.47 Å². The molecular weight excluding hydrogens is 323 g/mol. The molecule has 5 nitrogen and oxygen atoms in total. The fraction of sp³-hybridized carbons (Fsp3) is 0.538. The van der Waals surface area contributed by atoms with Crippen LogP contribution in [0, 0.1) is 0 Å². The van der Waals surface area contributed by atoms with Crippen LogP contribution in [0.15, 0.2) is 23.1 Å². The van der Waals surface area contributed by atoms with Gasteiger partial charge in [0.25, 0.3) is 10.0 Å². The Labute approximate surface area is 126 Å². The molecule has 1 aliphatic rings. The summed E-state index contributed by atoms with van der Waals surface area (Å²) in [5, 5.41) is 0. The maximum Gasteiger partial charge on any atom is 0.413 e. The van der Waals surface area contributed by atoms with Gasteiger partial charge >= 0.3 is 6.18 Å². The van der Waals surface area contributed by atoms with Gasteiger partial charge in [-0.15, -0.1) is 0 Å². The Kier molecular flexibility index (Phi) is 4.18. The number of sulfonamides is 1. The Morgan fingerprint density at radius 2 is 2.00 bits per heavy atom. The molecular formula is C13H16F3NO4S. The Balaban J connectivity index is 2.21. The minimum absolute atomic E-state index is 0.141. The van der Waals surface area contributed by atoms with Gasteiger partial charge in [0.15, 0.2) is 6.61 Å². The highest BCUT2D eigenvalue weighted by Gasteiger charge is 2.34. The van der Waals surface area contributed by atoms with E-state index in [1.54, 1.807) is 0 Å². The standard InChI is InChI=1S/C13H16F3NO4S/c1-12(2)7-9-6-10(4-5-11(9)21-12)22(18,19)17(3)20-8-13(14,15)16/h4-6H,7-8H2,1-3H3. The number of halogens is 3. The second-order valence-corrected chi connectivity index (χ2v) is 7.55. The molecule has 2 rings (SSSR count). The summed E-state index contributed by atoms with van der Waals surface area (Å²) in [5.74, 6) is 0.572. The number of alkyl halides is 3. The lowest BCUT2D eigenvalue weighted by Gasteiger charge is -2.18. The molecule has 0 N–H and O–H groups in total. The molecule has 0 spiro atoms. The number of ether oxygens (including phenoxy) is 1. The lowest BCUT2D eigenvalue weighted by Crippen LogP contribution is -2.31. The summed E-state index contributed by atoms with van der Waals surface area (Å²) in [6.07, 6.45) is -4.10. The van der Waals surface area contributed by atoms with Gasteiger partial charge in [0, 0.05) is 13.5 Å². The van der Waals surface area contributed by atoms with Gasteiger partial charge in [-0.3, -0.25) is 4.84 Å². The van der Waals surface area contributed by atoms with Crippen molar-refractivity contribution >= 4 is 10.0 Å². The van der Waals surface area contributed by atoms with Gasteiger partial charge in [-0.25, -0.2) is 8.42 Å². The molecule has 1 aliphatic heterocycles. The Hall–Kier alpha value is -1.32. The molecule has 0 atom stereocenters. The molecule has 22 heavy (non-hydrogen) atoms. The highest BCUT2D eigenvalue weighted by molar-refractivity contribution is 7.89. The third-order valence-corrected chi connectivity index (χ3v) is 4.71. The minimum Gasteiger partial charge on any atom is -0.487 e. The van der Waals surface area contributed by atoms with Crippen LogP contribution in [-0.4, -0.2) is 38.3 Å². The van der Waals surface area contributed by atoms with Gasteiger partial charge in [0.05, 0.1) is 4.90 Å². The van der Waals surface area contributed by atoms with Gasteiger partial charge < -0.3 is 4.74 Å². The van der Waals surface area contributed by atoms with Crippen molar-refractivity contribution in [3.8, 4) is 5.75 Å². The summed E-state index contributed by atoms with van der Waals surface area (Å²) in [6, 6.07) is 4.17. The van der Waals surface area contributed by atoms with E-state index in [0.717, 1.165) is 7.05 Å². The van der Waals surface area contributed by atoms with Gasteiger partial charge in [0.1, 0.15) is 11.4 Å². The number of rotatable bonds is 4. The average molecular weight is 339 g/mol. The first kappa shape index (κ1) is 17.0. The van der Waals surface area contributed by atoms with Crippen molar-refractivity contribution in [2.45, 2.75) is 36.9 Å². The molecule has 0 unspecified atom stereocenters. The predicted octanol–water partition coefficient (Wildman–Crippen LogP) is 2.51. The van der Waals surface area contributed by atoms with Crippen molar-refractivity contribution < 1.29 is 31.2 Å². The summed E-state index contributed by atoms with van der Waals surface area (Å²) in [6.45, 7) is 2.04. The van der Waals surface area contributed by atoms with Crippen LogP contribution in [0.3, 0.4) is 0 Å². The summed E-state index contributed by atoms with van der Waals surface area (Å²) < 4.78 is 66.6. The first-order chi connectivity index (χ1) is 9.91. The molecule has 9 heteroatoms. The van der Waals surface area contributed by atoms with E-state index in [2.05, 4.69) is 4.84 Å². The van der Waals surface area contributed by atoms with Crippen molar-refractivity contribution in [1.82, 2.24) is 4.47 Å². The Bertz CT molecular complexity index is 670. The lowest BCUT2D eigenvalue weighted by atomic mass is 10.0. The first-order valence-electron chi connectivity index (χ1n) is 6.41. The smallest absolute Gasteiger partial charge is 0.413 e. The molecule has 0 saturated carbocycles. The fourth-order valence-corrected chi connectivity index (χ4v) is 3.15. The summed E-state index contributed by atoms with van der Waals surface area (Å²) in [7, 11) is -3.24. The van der Waals surface area contributed by atoms with E-state index in [0.29, 0.717) is 17.7 Å². The highest BCUT2D eigenvalue weighted by Crippen LogP contribution is 2.36. The minimum atomic E-state index is -4.61. The summed E-state index contributed by atoms with van der Waals surface area (Å²) in [4.78, 5) is 4.13. The number of hydrogen-bond donors (Lipinski definition) is 0. The Morgan fingerprint density at radius 1 is 1.36 bits per heavy atom. The van der Waals surface area contributed by atoms with Gasteiger partial charge in [-0.2, -0.15) is 13.2 Å². The number of benzene rings is 1. The zero-order valence-corrected chi connectivity index (χ0v) is 13.1. The Morgan fingerprint density at radius 3 is 2.59 bits per heavy atom. The third kappa shape index (κ3) is 3.71. The molecule has 0 amide bonds. The molecule has 0 fully saturated rings. The maximum absolute atomic E-state index is 12.2. The first-order valence-corrected chi connectivity index (χ1v) is 7.85. The van der Waals surface area contributed by atoms with E-state index in [4.69, 9.17) is 4.74 Å². The predicted molar refractivity (Wildman–Crippen MR) is 71.8 cm³/mol. The van der Waals surface area contributed by atoms with E-state index in [9.17, 15) is 21.6 Å². The van der Waals surface area contributed by atoms with Crippen LogP contribution in [-0.2, 0) is 21.3 Å². The quantitative estimate of drug-likeness (QED) is 0.791. The highest BCUT2D eigenvalue weighted by atomic mass is 32.2. The molecule has 0 aliphatic carbocycles. The molecule has 1 aromatic carbocycles. The van der Waals surface area contributed by atoms with E-state index in [1.165, 1.54) is 18.2 Å². The largest absolute Gasteiger partial charge is 0.487 e. The molecule has 0 aromatic heterocycles. The van der Waals surface area contributed by atoms with Crippen molar-refractivity contribution in [2.75, 3.05) is 13.7 Å². The molecule has 0 saturated heterocycles. The average Bonchev–Trinajstić information content (AvgIpc) is 2.67. The number of hydroxylamine groups is 1. The van der Waals surface area contributed by atoms with Crippen molar-refractivity contribution in [1.29, 1.82) is 0 Å². The normalized spacial score (nSPS) is 17.4. The molecule has 0 radical (unpaired) electrons. The SMILES string of the molecule is CN(OCC(F)(F)F)S(=O)(=O)c1ccc2c(c1)CC(C)(C)O2. The van der Waals surface area contributed by atoms with E-state index in [1.807, 2.05) is 13.8 Å². The van der Waals surface area contributed by atoms with Crippen molar-refractivity contribution in [2.24, 2.45) is 0 Å². The number of nitrogens with zero attached hydrogens (tertiary/aromatic N) is 1. The van der Waals surface area contributed by atoms with Crippen molar-refractivity contribution in [3.63, 3.8) is 0 Å². The van der Waals surface area contributed by atoms with Crippen LogP contribution in [0.2, 0.25) is 0 Å². The molecule has 0 bridgehead atoms. The molecule has 124 valence electrons. The lowest BCUT2D eigenvalue weighted by molar-refractivity contribution is -0.216. The third-order valence-electron chi connectivity index (χ3n) is 3.08. The van der Waals surface area contributed by atoms with Crippen LogP contribution in [0.5, 0.6) is 5.75 Å². The zero-order chi connectivity index (χ0) is 16.8. The van der Waals surface area contributed by atoms with Crippen LogP contribution in [0.4, 0.5) is 13.2 Å². The van der Waals surface area contributed by atoms with E-state index >= 15 is 0 Å². The van der Waals surface area contributed by atoms with E-state index in [-0.39, 0.29) is 9.36 Å².